The van der Waals surface area contributed by atoms with Gasteiger partial charge in [-0.15, -0.1) is 0 Å². The molecule has 1 aromatic heterocycles. The highest BCUT2D eigenvalue weighted by atomic mass is 19.4. The van der Waals surface area contributed by atoms with Crippen LogP contribution in [-0.4, -0.2) is 22.2 Å². The minimum Gasteiger partial charge on any atom is -0.478 e. The summed E-state index contributed by atoms with van der Waals surface area (Å²) in [6.07, 6.45) is -2.37. The first-order valence-corrected chi connectivity index (χ1v) is 5.90. The quantitative estimate of drug-likeness (QED) is 0.844. The molecule has 0 saturated carbocycles. The van der Waals surface area contributed by atoms with Crippen molar-refractivity contribution >= 4 is 12.0 Å². The first-order chi connectivity index (χ1) is 9.24. The molecule has 1 heterocycles. The number of aromatic nitrogens is 1. The van der Waals surface area contributed by atoms with E-state index in [0.29, 0.717) is 6.42 Å². The zero-order valence-electron chi connectivity index (χ0n) is 10.9. The zero-order chi connectivity index (χ0) is 15.3. The maximum absolute atomic E-state index is 12.6. The van der Waals surface area contributed by atoms with Gasteiger partial charge in [0.25, 0.3) is 0 Å². The van der Waals surface area contributed by atoms with Crippen molar-refractivity contribution in [3.05, 3.63) is 29.5 Å². The second-order valence-corrected chi connectivity index (χ2v) is 4.10. The van der Waals surface area contributed by atoms with Crippen LogP contribution in [-0.2, 0) is 11.0 Å². The van der Waals surface area contributed by atoms with E-state index >= 15 is 0 Å². The third-order valence-electron chi connectivity index (χ3n) is 2.47. The second kappa shape index (κ2) is 6.40. The van der Waals surface area contributed by atoms with Gasteiger partial charge in [-0.3, -0.25) is 0 Å². The highest BCUT2D eigenvalue weighted by molar-refractivity contribution is 5.85. The van der Waals surface area contributed by atoms with Gasteiger partial charge in [0.1, 0.15) is 5.69 Å². The molecule has 1 aromatic rings. The molecule has 1 atom stereocenters. The summed E-state index contributed by atoms with van der Waals surface area (Å²) >= 11 is 0. The Morgan fingerprint density at radius 2 is 2.15 bits per heavy atom. The number of carboxylic acid groups (broad SMARTS) is 1. The molecule has 0 amide bonds. The average Bonchev–Trinajstić information content (AvgIpc) is 2.35. The average molecular weight is 289 g/mol. The number of ether oxygens (including phenoxy) is 1. The number of aliphatic carboxylic acids is 1. The molecule has 110 valence electrons. The van der Waals surface area contributed by atoms with Crippen LogP contribution in [0.1, 0.15) is 31.5 Å². The summed E-state index contributed by atoms with van der Waals surface area (Å²) in [6.45, 7) is 3.50. The Bertz CT molecular complexity index is 512. The van der Waals surface area contributed by atoms with Gasteiger partial charge in [-0.25, -0.2) is 9.78 Å². The van der Waals surface area contributed by atoms with Gasteiger partial charge >= 0.3 is 12.1 Å². The number of hydrogen-bond donors (Lipinski definition) is 1. The van der Waals surface area contributed by atoms with Crippen LogP contribution in [0.5, 0.6) is 5.88 Å². The van der Waals surface area contributed by atoms with Gasteiger partial charge in [-0.1, -0.05) is 6.92 Å². The van der Waals surface area contributed by atoms with Crippen LogP contribution in [0, 0.1) is 0 Å². The van der Waals surface area contributed by atoms with Crippen LogP contribution < -0.4 is 4.74 Å². The summed E-state index contributed by atoms with van der Waals surface area (Å²) in [5.74, 6) is -1.44. The van der Waals surface area contributed by atoms with Crippen LogP contribution in [0.15, 0.2) is 18.2 Å². The summed E-state index contributed by atoms with van der Waals surface area (Å²) in [4.78, 5) is 13.9. The van der Waals surface area contributed by atoms with Gasteiger partial charge in [-0.2, -0.15) is 13.2 Å². The SMILES string of the molecule is CCC(C)Oc1nc(C(F)(F)F)ccc1C=CC(=O)O. The van der Waals surface area contributed by atoms with Gasteiger partial charge in [-0.05, 0) is 31.6 Å². The summed E-state index contributed by atoms with van der Waals surface area (Å²) in [6, 6.07) is 1.91. The van der Waals surface area contributed by atoms with Crippen LogP contribution in [0.2, 0.25) is 0 Å². The zero-order valence-corrected chi connectivity index (χ0v) is 10.9. The van der Waals surface area contributed by atoms with E-state index in [1.807, 2.05) is 6.92 Å². The van der Waals surface area contributed by atoms with E-state index in [9.17, 15) is 18.0 Å². The van der Waals surface area contributed by atoms with E-state index in [0.717, 1.165) is 24.3 Å². The van der Waals surface area contributed by atoms with Crippen molar-refractivity contribution in [2.24, 2.45) is 0 Å². The van der Waals surface area contributed by atoms with E-state index in [1.54, 1.807) is 6.92 Å². The number of carbonyl (C=O) groups is 1. The Kier molecular flexibility index (Phi) is 5.12. The Labute approximate surface area is 113 Å². The standard InChI is InChI=1S/C13H14F3NO3/c1-3-8(2)20-12-9(5-7-11(18)19)4-6-10(17-12)13(14,15)16/h4-8H,3H2,1-2H3,(H,18,19). The highest BCUT2D eigenvalue weighted by Gasteiger charge is 2.33. The van der Waals surface area contributed by atoms with Gasteiger partial charge in [0, 0.05) is 11.6 Å². The van der Waals surface area contributed by atoms with Crippen molar-refractivity contribution in [3.63, 3.8) is 0 Å². The molecule has 0 saturated heterocycles. The number of alkyl halides is 3. The van der Waals surface area contributed by atoms with Crippen molar-refractivity contribution in [3.8, 4) is 5.88 Å². The molecule has 4 nitrogen and oxygen atoms in total. The fraction of sp³-hybridized carbons (Fsp3) is 0.385. The minimum absolute atomic E-state index is 0.181. The third kappa shape index (κ3) is 4.56. The molecule has 20 heavy (non-hydrogen) atoms. The minimum atomic E-state index is -4.58. The van der Waals surface area contributed by atoms with E-state index in [1.165, 1.54) is 0 Å². The van der Waals surface area contributed by atoms with E-state index in [-0.39, 0.29) is 17.5 Å². The Morgan fingerprint density at radius 3 is 2.65 bits per heavy atom. The van der Waals surface area contributed by atoms with Crippen molar-refractivity contribution < 1.29 is 27.8 Å². The lowest BCUT2D eigenvalue weighted by atomic mass is 10.2. The normalized spacial score (nSPS) is 13.4. The number of hydrogen-bond acceptors (Lipinski definition) is 3. The van der Waals surface area contributed by atoms with Crippen molar-refractivity contribution in [2.75, 3.05) is 0 Å². The fourth-order valence-electron chi connectivity index (χ4n) is 1.27. The molecule has 1 rings (SSSR count). The summed E-state index contributed by atoms with van der Waals surface area (Å²) in [5.41, 5.74) is -0.899. The Hall–Kier alpha value is -2.05. The maximum Gasteiger partial charge on any atom is 0.433 e. The van der Waals surface area contributed by atoms with Crippen molar-refractivity contribution in [1.29, 1.82) is 0 Å². The predicted molar refractivity (Wildman–Crippen MR) is 66.3 cm³/mol. The molecule has 0 bridgehead atoms. The lowest BCUT2D eigenvalue weighted by Crippen LogP contribution is -2.15. The monoisotopic (exact) mass is 289 g/mol. The van der Waals surface area contributed by atoms with Crippen molar-refractivity contribution in [2.45, 2.75) is 32.5 Å². The predicted octanol–water partition coefficient (Wildman–Crippen LogP) is 3.38. The number of carboxylic acids is 1. The van der Waals surface area contributed by atoms with Crippen LogP contribution in [0.3, 0.4) is 0 Å². The second-order valence-electron chi connectivity index (χ2n) is 4.10. The van der Waals surface area contributed by atoms with Crippen LogP contribution >= 0.6 is 0 Å². The smallest absolute Gasteiger partial charge is 0.433 e. The Balaban J connectivity index is 3.19. The Morgan fingerprint density at radius 1 is 1.50 bits per heavy atom. The fourth-order valence-corrected chi connectivity index (χ4v) is 1.27. The molecule has 0 fully saturated rings. The topological polar surface area (TPSA) is 59.4 Å². The molecule has 1 unspecified atom stereocenters. The molecule has 1 N–H and O–H groups in total. The first-order valence-electron chi connectivity index (χ1n) is 5.90. The van der Waals surface area contributed by atoms with E-state index < -0.39 is 17.8 Å². The van der Waals surface area contributed by atoms with Gasteiger partial charge in [0.2, 0.25) is 5.88 Å². The summed E-state index contributed by atoms with van der Waals surface area (Å²) in [5, 5.41) is 8.55. The number of halogens is 3. The number of nitrogens with zero attached hydrogens (tertiary/aromatic N) is 1. The van der Waals surface area contributed by atoms with E-state index in [4.69, 9.17) is 9.84 Å². The molecule has 0 aromatic carbocycles. The first kappa shape index (κ1) is 16.0. The lowest BCUT2D eigenvalue weighted by molar-refractivity contribution is -0.141. The van der Waals surface area contributed by atoms with Gasteiger partial charge < -0.3 is 9.84 Å². The maximum atomic E-state index is 12.6. The third-order valence-corrected chi connectivity index (χ3v) is 2.47. The van der Waals surface area contributed by atoms with Gasteiger partial charge in [0.05, 0.1) is 6.10 Å². The van der Waals surface area contributed by atoms with Crippen molar-refractivity contribution in [1.82, 2.24) is 4.98 Å². The van der Waals surface area contributed by atoms with Crippen LogP contribution in [0.4, 0.5) is 13.2 Å². The molecule has 0 aliphatic carbocycles. The molecular formula is C13H14F3NO3. The van der Waals surface area contributed by atoms with Crippen LogP contribution in [0.25, 0.3) is 6.08 Å². The summed E-state index contributed by atoms with van der Waals surface area (Å²) in [7, 11) is 0. The molecule has 0 aliphatic rings. The van der Waals surface area contributed by atoms with Gasteiger partial charge in [0.15, 0.2) is 0 Å². The largest absolute Gasteiger partial charge is 0.478 e. The molecule has 7 heteroatoms. The molecule has 0 spiro atoms. The highest BCUT2D eigenvalue weighted by Crippen LogP contribution is 2.31. The number of rotatable bonds is 5. The lowest BCUT2D eigenvalue weighted by Gasteiger charge is -2.15. The van der Waals surface area contributed by atoms with E-state index in [2.05, 4.69) is 4.98 Å². The summed E-state index contributed by atoms with van der Waals surface area (Å²) < 4.78 is 43.1. The number of pyridine rings is 1. The molecule has 0 aliphatic heterocycles. The molecular weight excluding hydrogens is 275 g/mol. The molecule has 0 radical (unpaired) electrons.